The zero-order valence-corrected chi connectivity index (χ0v) is 31.0. The SMILES string of the molecule is [2H]c1c([2H])c([2H])c(-n2c3ccccc3c3cc(-c4nc(-c5ccccc5)nc(-c5cccc(-n6c7ccccc7c7c8sc9ccccc9c8ccc76)c5)n4)ccc32)c([2H])c1[2H]. The number of aromatic nitrogens is 5. The predicted molar refractivity (Wildman–Crippen MR) is 238 cm³/mol. The van der Waals surface area contributed by atoms with Crippen LogP contribution in [0, 0.1) is 0 Å². The van der Waals surface area contributed by atoms with Gasteiger partial charge in [-0.15, -0.1) is 11.3 Å². The van der Waals surface area contributed by atoms with E-state index in [1.54, 1.807) is 4.57 Å². The molecule has 4 aromatic heterocycles. The number of hydrogen-bond acceptors (Lipinski definition) is 4. The number of thiophene rings is 1. The normalized spacial score (nSPS) is 13.1. The molecular formula is C51H31N5S. The third-order valence-corrected chi connectivity index (χ3v) is 12.1. The van der Waals surface area contributed by atoms with Crippen molar-refractivity contribution in [1.29, 1.82) is 0 Å². The molecule has 4 heterocycles. The molecule has 0 spiro atoms. The van der Waals surface area contributed by atoms with Gasteiger partial charge in [0.25, 0.3) is 0 Å². The molecule has 8 aromatic carbocycles. The van der Waals surface area contributed by atoms with E-state index in [9.17, 15) is 0 Å². The lowest BCUT2D eigenvalue weighted by atomic mass is 10.1. The molecule has 0 bridgehead atoms. The summed E-state index contributed by atoms with van der Waals surface area (Å²) in [5.74, 6) is 1.52. The fourth-order valence-corrected chi connectivity index (χ4v) is 9.61. The monoisotopic (exact) mass is 750 g/mol. The van der Waals surface area contributed by atoms with E-state index in [0.717, 1.165) is 49.7 Å². The zero-order chi connectivity index (χ0) is 41.8. The average molecular weight is 751 g/mol. The van der Waals surface area contributed by atoms with Crippen molar-refractivity contribution in [3.8, 4) is 45.5 Å². The molecule has 0 N–H and O–H groups in total. The fourth-order valence-electron chi connectivity index (χ4n) is 8.36. The van der Waals surface area contributed by atoms with E-state index in [2.05, 4.69) is 83.4 Å². The summed E-state index contributed by atoms with van der Waals surface area (Å²) in [5.41, 5.74) is 7.15. The minimum atomic E-state index is -0.430. The molecule has 0 atom stereocenters. The third-order valence-electron chi connectivity index (χ3n) is 10.9. The second-order valence-corrected chi connectivity index (χ2v) is 15.1. The molecule has 0 amide bonds. The Balaban J connectivity index is 1.05. The largest absolute Gasteiger partial charge is 0.309 e. The van der Waals surface area contributed by atoms with Gasteiger partial charge in [-0.25, -0.2) is 15.0 Å². The summed E-state index contributed by atoms with van der Waals surface area (Å²) in [6.45, 7) is 0. The molecule has 266 valence electrons. The lowest BCUT2D eigenvalue weighted by Gasteiger charge is -2.12. The van der Waals surface area contributed by atoms with Crippen molar-refractivity contribution < 1.29 is 6.85 Å². The second kappa shape index (κ2) is 12.6. The van der Waals surface area contributed by atoms with E-state index >= 15 is 0 Å². The van der Waals surface area contributed by atoms with Crippen LogP contribution in [0.25, 0.3) is 109 Å². The zero-order valence-electron chi connectivity index (χ0n) is 35.2. The van der Waals surface area contributed by atoms with Crippen molar-refractivity contribution in [2.75, 3.05) is 0 Å². The molecule has 0 unspecified atom stereocenters. The van der Waals surface area contributed by atoms with Gasteiger partial charge >= 0.3 is 0 Å². The van der Waals surface area contributed by atoms with E-state index in [1.165, 1.54) is 30.9 Å². The average Bonchev–Trinajstić information content (AvgIpc) is 3.98. The van der Waals surface area contributed by atoms with E-state index in [1.807, 2.05) is 90.2 Å². The first kappa shape index (κ1) is 27.2. The Bertz CT molecular complexity index is 3810. The Morgan fingerprint density at radius 3 is 1.81 bits per heavy atom. The molecular weight excluding hydrogens is 715 g/mol. The summed E-state index contributed by atoms with van der Waals surface area (Å²) in [7, 11) is 0. The molecule has 0 aliphatic heterocycles. The third kappa shape index (κ3) is 4.98. The van der Waals surface area contributed by atoms with Crippen LogP contribution < -0.4 is 0 Å². The van der Waals surface area contributed by atoms with Crippen LogP contribution in [0.5, 0.6) is 0 Å². The Hall–Kier alpha value is -7.41. The predicted octanol–water partition coefficient (Wildman–Crippen LogP) is 13.4. The molecule has 0 aliphatic rings. The second-order valence-electron chi connectivity index (χ2n) is 14.1. The minimum absolute atomic E-state index is 0.0973. The number of fused-ring (bicyclic) bond motifs is 10. The van der Waals surface area contributed by atoms with Crippen molar-refractivity contribution in [3.05, 3.63) is 188 Å². The van der Waals surface area contributed by atoms with Crippen LogP contribution in [0.3, 0.4) is 0 Å². The van der Waals surface area contributed by atoms with Gasteiger partial charge in [-0.2, -0.15) is 0 Å². The highest BCUT2D eigenvalue weighted by Gasteiger charge is 2.20. The lowest BCUT2D eigenvalue weighted by molar-refractivity contribution is 1.07. The summed E-state index contributed by atoms with van der Waals surface area (Å²) < 4.78 is 49.3. The molecule has 0 saturated heterocycles. The maximum atomic E-state index is 8.82. The maximum Gasteiger partial charge on any atom is 0.164 e. The maximum absolute atomic E-state index is 8.82. The molecule has 0 aliphatic carbocycles. The van der Waals surface area contributed by atoms with Crippen LogP contribution in [-0.4, -0.2) is 24.1 Å². The molecule has 5 nitrogen and oxygen atoms in total. The van der Waals surface area contributed by atoms with Crippen LogP contribution in [-0.2, 0) is 0 Å². The summed E-state index contributed by atoms with van der Waals surface area (Å²) in [6, 6.07) is 51.7. The molecule has 12 rings (SSSR count). The van der Waals surface area contributed by atoms with Gasteiger partial charge < -0.3 is 9.13 Å². The topological polar surface area (TPSA) is 48.5 Å². The molecule has 57 heavy (non-hydrogen) atoms. The van der Waals surface area contributed by atoms with Crippen LogP contribution in [0.2, 0.25) is 0 Å². The van der Waals surface area contributed by atoms with Crippen molar-refractivity contribution >= 4 is 75.1 Å². The number of hydrogen-bond donors (Lipinski definition) is 0. The van der Waals surface area contributed by atoms with E-state index in [4.69, 9.17) is 21.8 Å². The van der Waals surface area contributed by atoms with Crippen LogP contribution >= 0.6 is 11.3 Å². The smallest absolute Gasteiger partial charge is 0.164 e. The number of para-hydroxylation sites is 3. The minimum Gasteiger partial charge on any atom is -0.309 e. The summed E-state index contributed by atoms with van der Waals surface area (Å²) in [6.07, 6.45) is 0. The molecule has 6 heteroatoms. The first-order chi connectivity index (χ1) is 30.3. The molecule has 0 saturated carbocycles. The van der Waals surface area contributed by atoms with Crippen molar-refractivity contribution in [3.63, 3.8) is 0 Å². The Kier molecular flexibility index (Phi) is 6.00. The Morgan fingerprint density at radius 2 is 1.00 bits per heavy atom. The van der Waals surface area contributed by atoms with Crippen LogP contribution in [0.4, 0.5) is 0 Å². The number of rotatable bonds is 5. The summed E-state index contributed by atoms with van der Waals surface area (Å²) in [5, 5.41) is 6.66. The lowest BCUT2D eigenvalue weighted by Crippen LogP contribution is -2.01. The van der Waals surface area contributed by atoms with Gasteiger partial charge in [0.05, 0.1) is 28.9 Å². The fraction of sp³-hybridized carbons (Fsp3) is 0. The summed E-state index contributed by atoms with van der Waals surface area (Å²) in [4.78, 5) is 15.3. The van der Waals surface area contributed by atoms with E-state index in [0.29, 0.717) is 23.0 Å². The van der Waals surface area contributed by atoms with Crippen LogP contribution in [0.1, 0.15) is 6.85 Å². The van der Waals surface area contributed by atoms with Gasteiger partial charge in [-0.3, -0.25) is 0 Å². The number of benzene rings is 8. The van der Waals surface area contributed by atoms with Gasteiger partial charge in [0, 0.05) is 69.8 Å². The van der Waals surface area contributed by atoms with E-state index < -0.39 is 6.04 Å². The standard InChI is InChI=1S/C51H31N5S/c1-3-14-32(15-4-1)49-52-50(54-51(53-49)34-26-28-44-41(31-34)37-20-7-10-23-42(37)55(44)35-17-5-2-6-18-35)33-16-13-19-36(30-33)56-43-24-11-8-22-40(43)47-45(56)29-27-39-38-21-9-12-25-46(38)57-48(39)47/h1-31H/i2D,5D,6D,17D,18D. The highest BCUT2D eigenvalue weighted by molar-refractivity contribution is 7.26. The first-order valence-electron chi connectivity index (χ1n) is 21.2. The quantitative estimate of drug-likeness (QED) is 0.176. The van der Waals surface area contributed by atoms with Gasteiger partial charge in [0.1, 0.15) is 0 Å². The highest BCUT2D eigenvalue weighted by Crippen LogP contribution is 2.43. The first-order valence-corrected chi connectivity index (χ1v) is 19.5. The Morgan fingerprint density at radius 1 is 0.404 bits per heavy atom. The molecule has 12 aromatic rings. The van der Waals surface area contributed by atoms with Crippen molar-refractivity contribution in [2.45, 2.75) is 0 Å². The van der Waals surface area contributed by atoms with Crippen molar-refractivity contribution in [1.82, 2.24) is 24.1 Å². The Labute approximate surface area is 338 Å². The molecule has 0 radical (unpaired) electrons. The van der Waals surface area contributed by atoms with Crippen molar-refractivity contribution in [2.24, 2.45) is 0 Å². The van der Waals surface area contributed by atoms with E-state index in [-0.39, 0.29) is 29.9 Å². The summed E-state index contributed by atoms with van der Waals surface area (Å²) >= 11 is 1.84. The number of nitrogens with zero attached hydrogens (tertiary/aromatic N) is 5. The highest BCUT2D eigenvalue weighted by atomic mass is 32.1. The molecule has 0 fully saturated rings. The van der Waals surface area contributed by atoms with Gasteiger partial charge in [-0.1, -0.05) is 121 Å². The van der Waals surface area contributed by atoms with Crippen LogP contribution in [0.15, 0.2) is 188 Å². The van der Waals surface area contributed by atoms with Gasteiger partial charge in [0.2, 0.25) is 0 Å². The van der Waals surface area contributed by atoms with Gasteiger partial charge in [-0.05, 0) is 66.7 Å². The van der Waals surface area contributed by atoms with Gasteiger partial charge in [0.15, 0.2) is 17.5 Å².